The predicted octanol–water partition coefficient (Wildman–Crippen LogP) is 3.76. The van der Waals surface area contributed by atoms with Gasteiger partial charge in [-0.3, -0.25) is 9.59 Å². The van der Waals surface area contributed by atoms with E-state index in [4.69, 9.17) is 27.9 Å². The van der Waals surface area contributed by atoms with E-state index in [1.165, 1.54) is 12.1 Å². The average Bonchev–Trinajstić information content (AvgIpc) is 2.55. The maximum atomic E-state index is 12.0. The lowest BCUT2D eigenvalue weighted by Crippen LogP contribution is -2.33. The standard InChI is InChI=1S/C17H16Cl2N2O3/c1-2-24-13-6-4-12(5-7-13)21-16(22)10-20-17(23)14-8-3-11(18)9-15(14)19/h3-9H,2,10H2,1H3,(H,20,23)(H,21,22). The van der Waals surface area contributed by atoms with Gasteiger partial charge in [0.1, 0.15) is 5.75 Å². The summed E-state index contributed by atoms with van der Waals surface area (Å²) in [5.41, 5.74) is 0.872. The summed E-state index contributed by atoms with van der Waals surface area (Å²) in [7, 11) is 0. The minimum Gasteiger partial charge on any atom is -0.494 e. The van der Waals surface area contributed by atoms with E-state index < -0.39 is 5.91 Å². The molecule has 0 aromatic heterocycles. The van der Waals surface area contributed by atoms with Gasteiger partial charge in [0.05, 0.1) is 23.7 Å². The van der Waals surface area contributed by atoms with Gasteiger partial charge in [-0.1, -0.05) is 23.2 Å². The van der Waals surface area contributed by atoms with E-state index in [2.05, 4.69) is 10.6 Å². The molecule has 0 unspecified atom stereocenters. The Labute approximate surface area is 149 Å². The first-order valence-corrected chi connectivity index (χ1v) is 8.01. The van der Waals surface area contributed by atoms with Crippen LogP contribution in [0.4, 0.5) is 5.69 Å². The Morgan fingerprint density at radius 2 is 1.79 bits per heavy atom. The highest BCUT2D eigenvalue weighted by Gasteiger charge is 2.12. The van der Waals surface area contributed by atoms with E-state index in [-0.39, 0.29) is 23.0 Å². The molecule has 7 heteroatoms. The summed E-state index contributed by atoms with van der Waals surface area (Å²) in [4.78, 5) is 23.9. The third-order valence-electron chi connectivity index (χ3n) is 3.03. The van der Waals surface area contributed by atoms with E-state index in [9.17, 15) is 9.59 Å². The van der Waals surface area contributed by atoms with Crippen molar-refractivity contribution in [2.45, 2.75) is 6.92 Å². The van der Waals surface area contributed by atoms with Gasteiger partial charge in [0, 0.05) is 10.7 Å². The van der Waals surface area contributed by atoms with Gasteiger partial charge in [-0.2, -0.15) is 0 Å². The molecule has 126 valence electrons. The zero-order valence-corrected chi connectivity index (χ0v) is 14.4. The Morgan fingerprint density at radius 3 is 2.42 bits per heavy atom. The van der Waals surface area contributed by atoms with Crippen molar-refractivity contribution in [3.8, 4) is 5.75 Å². The summed E-state index contributed by atoms with van der Waals surface area (Å²) in [6.07, 6.45) is 0. The lowest BCUT2D eigenvalue weighted by Gasteiger charge is -2.09. The molecule has 0 atom stereocenters. The maximum absolute atomic E-state index is 12.0. The smallest absolute Gasteiger partial charge is 0.253 e. The lowest BCUT2D eigenvalue weighted by molar-refractivity contribution is -0.115. The molecule has 24 heavy (non-hydrogen) atoms. The zero-order valence-electron chi connectivity index (χ0n) is 12.9. The highest BCUT2D eigenvalue weighted by molar-refractivity contribution is 6.36. The molecule has 0 spiro atoms. The van der Waals surface area contributed by atoms with Crippen LogP contribution in [0, 0.1) is 0 Å². The van der Waals surface area contributed by atoms with Crippen molar-refractivity contribution in [2.24, 2.45) is 0 Å². The average molecular weight is 367 g/mol. The Kier molecular flexibility index (Phi) is 6.46. The number of benzene rings is 2. The third kappa shape index (κ3) is 5.15. The van der Waals surface area contributed by atoms with E-state index in [0.29, 0.717) is 17.3 Å². The molecule has 0 aliphatic rings. The number of amides is 2. The molecule has 2 aromatic carbocycles. The molecular formula is C17H16Cl2N2O3. The molecule has 0 bridgehead atoms. The molecule has 0 fully saturated rings. The van der Waals surface area contributed by atoms with Gasteiger partial charge in [-0.25, -0.2) is 0 Å². The van der Waals surface area contributed by atoms with E-state index >= 15 is 0 Å². The SMILES string of the molecule is CCOc1ccc(NC(=O)CNC(=O)c2ccc(Cl)cc2Cl)cc1. The van der Waals surface area contributed by atoms with Crippen LogP contribution in [0.1, 0.15) is 17.3 Å². The van der Waals surface area contributed by atoms with Crippen LogP contribution >= 0.6 is 23.2 Å². The molecule has 2 N–H and O–H groups in total. The normalized spacial score (nSPS) is 10.1. The molecule has 0 heterocycles. The fraction of sp³-hybridized carbons (Fsp3) is 0.176. The molecule has 0 aliphatic heterocycles. The number of carbonyl (C=O) groups excluding carboxylic acids is 2. The Morgan fingerprint density at radius 1 is 1.08 bits per heavy atom. The number of halogens is 2. The molecule has 2 amide bonds. The third-order valence-corrected chi connectivity index (χ3v) is 3.58. The van der Waals surface area contributed by atoms with Crippen molar-refractivity contribution in [3.63, 3.8) is 0 Å². The summed E-state index contributed by atoms with van der Waals surface area (Å²) >= 11 is 11.7. The van der Waals surface area contributed by atoms with Crippen molar-refractivity contribution in [1.29, 1.82) is 0 Å². The van der Waals surface area contributed by atoms with Crippen LogP contribution in [-0.4, -0.2) is 25.0 Å². The fourth-order valence-electron chi connectivity index (χ4n) is 1.94. The summed E-state index contributed by atoms with van der Waals surface area (Å²) in [6, 6.07) is 11.5. The Balaban J connectivity index is 1.87. The number of carbonyl (C=O) groups is 2. The monoisotopic (exact) mass is 366 g/mol. The van der Waals surface area contributed by atoms with Crippen LogP contribution in [0.2, 0.25) is 10.0 Å². The second-order valence-electron chi connectivity index (χ2n) is 4.81. The highest BCUT2D eigenvalue weighted by atomic mass is 35.5. The van der Waals surface area contributed by atoms with Crippen LogP contribution in [0.15, 0.2) is 42.5 Å². The van der Waals surface area contributed by atoms with Gasteiger partial charge >= 0.3 is 0 Å². The molecule has 0 saturated heterocycles. The molecule has 0 radical (unpaired) electrons. The minimum atomic E-state index is -0.446. The van der Waals surface area contributed by atoms with Gasteiger partial charge in [0.25, 0.3) is 5.91 Å². The number of nitrogens with one attached hydrogen (secondary N) is 2. The molecule has 0 aliphatic carbocycles. The van der Waals surface area contributed by atoms with Crippen molar-refractivity contribution in [2.75, 3.05) is 18.5 Å². The van der Waals surface area contributed by atoms with Crippen molar-refractivity contribution in [1.82, 2.24) is 5.32 Å². The topological polar surface area (TPSA) is 67.4 Å². The largest absolute Gasteiger partial charge is 0.494 e. The molecular weight excluding hydrogens is 351 g/mol. The minimum absolute atomic E-state index is 0.176. The van der Waals surface area contributed by atoms with Crippen LogP contribution in [0.3, 0.4) is 0 Å². The van der Waals surface area contributed by atoms with E-state index in [1.54, 1.807) is 30.3 Å². The number of hydrogen-bond acceptors (Lipinski definition) is 3. The molecule has 5 nitrogen and oxygen atoms in total. The van der Waals surface area contributed by atoms with Gasteiger partial charge in [-0.05, 0) is 49.4 Å². The van der Waals surface area contributed by atoms with Crippen LogP contribution in [0.25, 0.3) is 0 Å². The van der Waals surface area contributed by atoms with Gasteiger partial charge in [-0.15, -0.1) is 0 Å². The summed E-state index contributed by atoms with van der Waals surface area (Å²) in [6.45, 7) is 2.29. The fourth-order valence-corrected chi connectivity index (χ4v) is 2.43. The molecule has 2 aromatic rings. The summed E-state index contributed by atoms with van der Waals surface area (Å²) in [5, 5.41) is 5.85. The number of anilines is 1. The van der Waals surface area contributed by atoms with Crippen LogP contribution in [0.5, 0.6) is 5.75 Å². The first-order chi connectivity index (χ1) is 11.5. The number of hydrogen-bond donors (Lipinski definition) is 2. The first-order valence-electron chi connectivity index (χ1n) is 7.25. The quantitative estimate of drug-likeness (QED) is 0.817. The number of rotatable bonds is 6. The van der Waals surface area contributed by atoms with Crippen LogP contribution < -0.4 is 15.4 Å². The van der Waals surface area contributed by atoms with Crippen molar-refractivity contribution < 1.29 is 14.3 Å². The first kappa shape index (κ1) is 18.1. The number of ether oxygens (including phenoxy) is 1. The highest BCUT2D eigenvalue weighted by Crippen LogP contribution is 2.20. The van der Waals surface area contributed by atoms with Gasteiger partial charge in [0.15, 0.2) is 0 Å². The van der Waals surface area contributed by atoms with Gasteiger partial charge < -0.3 is 15.4 Å². The summed E-state index contributed by atoms with van der Waals surface area (Å²) < 4.78 is 5.32. The molecule has 0 saturated carbocycles. The van der Waals surface area contributed by atoms with Crippen molar-refractivity contribution >= 4 is 40.7 Å². The van der Waals surface area contributed by atoms with E-state index in [1.807, 2.05) is 6.92 Å². The Hall–Kier alpha value is -2.24. The maximum Gasteiger partial charge on any atom is 0.253 e. The van der Waals surface area contributed by atoms with Gasteiger partial charge in [0.2, 0.25) is 5.91 Å². The lowest BCUT2D eigenvalue weighted by atomic mass is 10.2. The van der Waals surface area contributed by atoms with Crippen molar-refractivity contribution in [3.05, 3.63) is 58.1 Å². The summed E-state index contributed by atoms with van der Waals surface area (Å²) in [5.74, 6) is -0.0720. The predicted molar refractivity (Wildman–Crippen MR) is 95.0 cm³/mol. The Bertz CT molecular complexity index is 733. The molecule has 2 rings (SSSR count). The second-order valence-corrected chi connectivity index (χ2v) is 5.66. The van der Waals surface area contributed by atoms with Crippen LogP contribution in [-0.2, 0) is 4.79 Å². The van der Waals surface area contributed by atoms with E-state index in [0.717, 1.165) is 5.75 Å². The zero-order chi connectivity index (χ0) is 17.5. The second kappa shape index (κ2) is 8.57.